The average molecular weight is 285 g/mol. The van der Waals surface area contributed by atoms with Crippen LogP contribution >= 0.6 is 15.9 Å². The molecule has 0 fully saturated rings. The fourth-order valence-electron chi connectivity index (χ4n) is 1.47. The summed E-state index contributed by atoms with van der Waals surface area (Å²) < 4.78 is 0. The average Bonchev–Trinajstić information content (AvgIpc) is 2.20. The monoisotopic (exact) mass is 284 g/mol. The smallest absolute Gasteiger partial charge is 0.307 e. The maximum atomic E-state index is 11.7. The van der Waals surface area contributed by atoms with Crippen LogP contribution in [0.5, 0.6) is 0 Å². The lowest BCUT2D eigenvalue weighted by Crippen LogP contribution is -2.06. The Morgan fingerprint density at radius 2 is 2.06 bits per heavy atom. The summed E-state index contributed by atoms with van der Waals surface area (Å²) in [5.74, 6) is -0.843. The number of hydrogen-bond donors (Lipinski definition) is 1. The molecule has 0 aliphatic heterocycles. The first-order chi connectivity index (χ1) is 7.54. The molecule has 0 saturated carbocycles. The Morgan fingerprint density at radius 1 is 1.38 bits per heavy atom. The van der Waals surface area contributed by atoms with Gasteiger partial charge in [0.2, 0.25) is 0 Å². The van der Waals surface area contributed by atoms with E-state index in [1.807, 2.05) is 6.92 Å². The summed E-state index contributed by atoms with van der Waals surface area (Å²) in [4.78, 5) is 22.3. The van der Waals surface area contributed by atoms with Crippen molar-refractivity contribution in [3.63, 3.8) is 0 Å². The van der Waals surface area contributed by atoms with Gasteiger partial charge in [-0.3, -0.25) is 9.59 Å². The molecule has 3 nitrogen and oxygen atoms in total. The first-order valence-electron chi connectivity index (χ1n) is 4.95. The minimum absolute atomic E-state index is 0.0432. The SMILES string of the molecule is Cc1ccc(CC(=O)O)cc1C(=O)CCBr. The highest BCUT2D eigenvalue weighted by Crippen LogP contribution is 2.14. The topological polar surface area (TPSA) is 54.4 Å². The second kappa shape index (κ2) is 5.80. The maximum Gasteiger partial charge on any atom is 0.307 e. The number of aliphatic carboxylic acids is 1. The summed E-state index contributed by atoms with van der Waals surface area (Å²) in [6.45, 7) is 1.85. The summed E-state index contributed by atoms with van der Waals surface area (Å²) >= 11 is 3.22. The number of aryl methyl sites for hydroxylation is 1. The molecule has 0 unspecified atom stereocenters. The third-order valence-electron chi connectivity index (χ3n) is 2.28. The van der Waals surface area contributed by atoms with Gasteiger partial charge in [0.25, 0.3) is 0 Å². The zero-order chi connectivity index (χ0) is 12.1. The second-order valence-electron chi connectivity index (χ2n) is 3.58. The van der Waals surface area contributed by atoms with Crippen LogP contribution in [0, 0.1) is 6.92 Å². The van der Waals surface area contributed by atoms with Gasteiger partial charge in [0.05, 0.1) is 6.42 Å². The van der Waals surface area contributed by atoms with Gasteiger partial charge in [-0.25, -0.2) is 0 Å². The third-order valence-corrected chi connectivity index (χ3v) is 2.68. The molecule has 0 heterocycles. The predicted molar refractivity (Wildman–Crippen MR) is 65.3 cm³/mol. The van der Waals surface area contributed by atoms with Crippen LogP contribution in [-0.2, 0) is 11.2 Å². The normalized spacial score (nSPS) is 10.1. The van der Waals surface area contributed by atoms with Crippen molar-refractivity contribution in [3.8, 4) is 0 Å². The molecule has 86 valence electrons. The van der Waals surface area contributed by atoms with Crippen LogP contribution in [0.2, 0.25) is 0 Å². The van der Waals surface area contributed by atoms with Gasteiger partial charge >= 0.3 is 5.97 Å². The fourth-order valence-corrected chi connectivity index (χ4v) is 1.83. The van der Waals surface area contributed by atoms with Crippen LogP contribution in [0.25, 0.3) is 0 Å². The maximum absolute atomic E-state index is 11.7. The van der Waals surface area contributed by atoms with Crippen molar-refractivity contribution < 1.29 is 14.7 Å². The van der Waals surface area contributed by atoms with Crippen molar-refractivity contribution in [1.82, 2.24) is 0 Å². The van der Waals surface area contributed by atoms with E-state index in [1.165, 1.54) is 0 Å². The largest absolute Gasteiger partial charge is 0.481 e. The van der Waals surface area contributed by atoms with E-state index < -0.39 is 5.97 Å². The minimum atomic E-state index is -0.886. The molecule has 1 N–H and O–H groups in total. The molecule has 1 aromatic rings. The molecule has 4 heteroatoms. The third kappa shape index (κ3) is 3.45. The summed E-state index contributed by atoms with van der Waals surface area (Å²) in [5.41, 5.74) is 2.18. The highest BCUT2D eigenvalue weighted by Gasteiger charge is 2.10. The molecule has 0 atom stereocenters. The number of carboxylic acid groups (broad SMARTS) is 1. The fraction of sp³-hybridized carbons (Fsp3) is 0.333. The minimum Gasteiger partial charge on any atom is -0.481 e. The molecule has 0 radical (unpaired) electrons. The number of alkyl halides is 1. The number of Topliss-reactive ketones (excluding diaryl/α,β-unsaturated/α-hetero) is 1. The number of rotatable bonds is 5. The van der Waals surface area contributed by atoms with Gasteiger partial charge in [-0.2, -0.15) is 0 Å². The summed E-state index contributed by atoms with van der Waals surface area (Å²) in [6, 6.07) is 5.21. The molecule has 0 amide bonds. The van der Waals surface area contributed by atoms with E-state index in [4.69, 9.17) is 5.11 Å². The van der Waals surface area contributed by atoms with E-state index in [0.29, 0.717) is 22.9 Å². The van der Waals surface area contributed by atoms with Crippen molar-refractivity contribution in [2.24, 2.45) is 0 Å². The summed E-state index contributed by atoms with van der Waals surface area (Å²) in [7, 11) is 0. The predicted octanol–water partition coefficient (Wildman–Crippen LogP) is 2.59. The summed E-state index contributed by atoms with van der Waals surface area (Å²) in [5, 5.41) is 9.30. The van der Waals surface area contributed by atoms with Crippen LogP contribution in [0.4, 0.5) is 0 Å². The number of carbonyl (C=O) groups is 2. The van der Waals surface area contributed by atoms with Crippen molar-refractivity contribution >= 4 is 27.7 Å². The number of carboxylic acids is 1. The molecule has 0 aliphatic rings. The first-order valence-corrected chi connectivity index (χ1v) is 6.07. The lowest BCUT2D eigenvalue weighted by molar-refractivity contribution is -0.136. The number of ketones is 1. The molecule has 1 aromatic carbocycles. The quantitative estimate of drug-likeness (QED) is 0.668. The van der Waals surface area contributed by atoms with Crippen LogP contribution < -0.4 is 0 Å². The number of benzene rings is 1. The Kier molecular flexibility index (Phi) is 4.68. The molecule has 0 aromatic heterocycles. The van der Waals surface area contributed by atoms with Gasteiger partial charge in [0, 0.05) is 17.3 Å². The second-order valence-corrected chi connectivity index (χ2v) is 4.37. The van der Waals surface area contributed by atoms with E-state index >= 15 is 0 Å². The van der Waals surface area contributed by atoms with Crippen LogP contribution in [0.1, 0.15) is 27.9 Å². The Hall–Kier alpha value is -1.16. The van der Waals surface area contributed by atoms with E-state index in [2.05, 4.69) is 15.9 Å². The van der Waals surface area contributed by atoms with Gasteiger partial charge in [0.1, 0.15) is 0 Å². The molecule has 1 rings (SSSR count). The van der Waals surface area contributed by atoms with Gasteiger partial charge in [-0.1, -0.05) is 28.1 Å². The van der Waals surface area contributed by atoms with E-state index in [0.717, 1.165) is 5.56 Å². The van der Waals surface area contributed by atoms with Crippen molar-refractivity contribution in [2.45, 2.75) is 19.8 Å². The van der Waals surface area contributed by atoms with Crippen LogP contribution in [-0.4, -0.2) is 22.2 Å². The zero-order valence-corrected chi connectivity index (χ0v) is 10.6. The van der Waals surface area contributed by atoms with Gasteiger partial charge < -0.3 is 5.11 Å². The molecule has 0 spiro atoms. The zero-order valence-electron chi connectivity index (χ0n) is 9.00. The van der Waals surface area contributed by atoms with Crippen molar-refractivity contribution in [2.75, 3.05) is 5.33 Å². The number of carbonyl (C=O) groups excluding carboxylic acids is 1. The van der Waals surface area contributed by atoms with Crippen LogP contribution in [0.15, 0.2) is 18.2 Å². The Morgan fingerprint density at radius 3 is 2.62 bits per heavy atom. The van der Waals surface area contributed by atoms with E-state index in [-0.39, 0.29) is 12.2 Å². The standard InChI is InChI=1S/C12H13BrO3/c1-8-2-3-9(7-12(15)16)6-10(8)11(14)4-5-13/h2-3,6H,4-5,7H2,1H3,(H,15,16). The van der Waals surface area contributed by atoms with Crippen molar-refractivity contribution in [1.29, 1.82) is 0 Å². The number of hydrogen-bond acceptors (Lipinski definition) is 2. The molecular formula is C12H13BrO3. The van der Waals surface area contributed by atoms with Gasteiger partial charge in [-0.15, -0.1) is 0 Å². The van der Waals surface area contributed by atoms with Crippen molar-refractivity contribution in [3.05, 3.63) is 34.9 Å². The molecule has 0 bridgehead atoms. The molecular weight excluding hydrogens is 272 g/mol. The van der Waals surface area contributed by atoms with E-state index in [1.54, 1.807) is 18.2 Å². The van der Waals surface area contributed by atoms with Gasteiger partial charge in [0.15, 0.2) is 5.78 Å². The van der Waals surface area contributed by atoms with Crippen LogP contribution in [0.3, 0.4) is 0 Å². The Labute approximate surface area is 103 Å². The molecule has 16 heavy (non-hydrogen) atoms. The molecule has 0 saturated heterocycles. The highest BCUT2D eigenvalue weighted by atomic mass is 79.9. The van der Waals surface area contributed by atoms with E-state index in [9.17, 15) is 9.59 Å². The highest BCUT2D eigenvalue weighted by molar-refractivity contribution is 9.09. The summed E-state index contributed by atoms with van der Waals surface area (Å²) in [6.07, 6.45) is 0.381. The lowest BCUT2D eigenvalue weighted by Gasteiger charge is -2.06. The first kappa shape index (κ1) is 12.9. The number of halogens is 1. The lowest BCUT2D eigenvalue weighted by atomic mass is 9.99. The molecule has 0 aliphatic carbocycles. The van der Waals surface area contributed by atoms with Gasteiger partial charge in [-0.05, 0) is 24.1 Å². The Balaban J connectivity index is 2.98. The Bertz CT molecular complexity index is 413.